The molecule has 0 radical (unpaired) electrons. The molecular formula is C5H5IO2. The van der Waals surface area contributed by atoms with Gasteiger partial charge in [0.15, 0.2) is 0 Å². The third-order valence-corrected chi connectivity index (χ3v) is 2.49. The Morgan fingerprint density at radius 2 is 2.12 bits per heavy atom. The lowest BCUT2D eigenvalue weighted by atomic mass is 10.5. The Hall–Kier alpha value is -0.160. The zero-order chi connectivity index (χ0) is 5.98. The molecule has 2 N–H and O–H groups in total. The molecule has 8 heavy (non-hydrogen) atoms. The van der Waals surface area contributed by atoms with Crippen LogP contribution in [0.2, 0.25) is 0 Å². The molecule has 0 atom stereocenters. The Morgan fingerprint density at radius 3 is 2.50 bits per heavy atom. The normalized spacial score (nSPS) is 18.6. The molecule has 0 saturated carbocycles. The van der Waals surface area contributed by atoms with E-state index in [1.54, 1.807) is 18.2 Å². The molecule has 0 unspecified atom stereocenters. The van der Waals surface area contributed by atoms with E-state index in [4.69, 9.17) is 10.2 Å². The fourth-order valence-corrected chi connectivity index (χ4v) is 1.71. The summed E-state index contributed by atoms with van der Waals surface area (Å²) in [6, 6.07) is 0. The summed E-state index contributed by atoms with van der Waals surface area (Å²) in [7, 11) is 0. The summed E-state index contributed by atoms with van der Waals surface area (Å²) in [5.41, 5.74) is 0. The Balaban J connectivity index is 2.89. The zero-order valence-corrected chi connectivity index (χ0v) is 6.16. The van der Waals surface area contributed by atoms with Crippen LogP contribution in [0.25, 0.3) is 0 Å². The molecule has 0 bridgehead atoms. The first-order valence-corrected chi connectivity index (χ1v) is 4.23. The van der Waals surface area contributed by atoms with E-state index in [0.717, 1.165) is 0 Å². The highest BCUT2D eigenvalue weighted by Gasteiger charge is 1.92. The van der Waals surface area contributed by atoms with Crippen molar-refractivity contribution in [2.24, 2.45) is 0 Å². The molecule has 2 nitrogen and oxygen atoms in total. The highest BCUT2D eigenvalue weighted by atomic mass is 127. The molecule has 0 aliphatic carbocycles. The largest absolute Gasteiger partial charge is 0.503 e. The van der Waals surface area contributed by atoms with Crippen molar-refractivity contribution in [1.82, 2.24) is 0 Å². The smallest absolute Gasteiger partial charge is 0.150 e. The summed E-state index contributed by atoms with van der Waals surface area (Å²) in [6.45, 7) is 0. The van der Waals surface area contributed by atoms with Crippen molar-refractivity contribution < 1.29 is 10.2 Å². The van der Waals surface area contributed by atoms with Crippen LogP contribution in [-0.2, 0) is 0 Å². The van der Waals surface area contributed by atoms with Gasteiger partial charge in [-0.3, -0.25) is 0 Å². The van der Waals surface area contributed by atoms with E-state index < -0.39 is 20.7 Å². The third-order valence-electron chi connectivity index (χ3n) is 0.661. The molecular weight excluding hydrogens is 219 g/mol. The Bertz CT molecular complexity index is 176. The van der Waals surface area contributed by atoms with Gasteiger partial charge in [-0.2, -0.15) is 0 Å². The number of hydrogen-bond acceptors (Lipinski definition) is 2. The maximum absolute atomic E-state index is 8.76. The zero-order valence-electron chi connectivity index (χ0n) is 4.00. The molecule has 0 aromatic heterocycles. The minimum Gasteiger partial charge on any atom is -0.503 e. The second-order valence-electron chi connectivity index (χ2n) is 1.27. The monoisotopic (exact) mass is 224 g/mol. The molecule has 1 aliphatic heterocycles. The lowest BCUT2D eigenvalue weighted by Crippen LogP contribution is -1.87. The van der Waals surface area contributed by atoms with Gasteiger partial charge in [0.2, 0.25) is 0 Å². The average Bonchev–Trinajstić information content (AvgIpc) is 1.64. The number of allylic oxidation sites excluding steroid dienone is 2. The fraction of sp³-hybridized carbons (Fsp3) is 0. The van der Waals surface area contributed by atoms with Crippen molar-refractivity contribution in [3.05, 3.63) is 22.0 Å². The van der Waals surface area contributed by atoms with Crippen molar-refractivity contribution in [3.8, 4) is 0 Å². The van der Waals surface area contributed by atoms with Crippen LogP contribution < -0.4 is 0 Å². The van der Waals surface area contributed by atoms with Crippen LogP contribution in [-0.4, -0.2) is 13.9 Å². The van der Waals surface area contributed by atoms with E-state index in [0.29, 0.717) is 7.46 Å². The van der Waals surface area contributed by atoms with E-state index in [2.05, 4.69) is 0 Å². The van der Waals surface area contributed by atoms with Crippen molar-refractivity contribution >= 4 is 24.4 Å². The Kier molecular flexibility index (Phi) is 1.80. The molecule has 44 valence electrons. The van der Waals surface area contributed by atoms with Gasteiger partial charge in [-0.1, -0.05) is 6.08 Å². The van der Waals surface area contributed by atoms with E-state index in [9.17, 15) is 0 Å². The minimum atomic E-state index is -0.609. The summed E-state index contributed by atoms with van der Waals surface area (Å²) in [5.74, 6) is 0. The third kappa shape index (κ3) is 1.41. The summed E-state index contributed by atoms with van der Waals surface area (Å²) in [5, 5.41) is 17.5. The topological polar surface area (TPSA) is 40.5 Å². The van der Waals surface area contributed by atoms with Crippen LogP contribution in [0.5, 0.6) is 0 Å². The van der Waals surface area contributed by atoms with Crippen LogP contribution in [0.1, 0.15) is 0 Å². The van der Waals surface area contributed by atoms with Crippen molar-refractivity contribution in [2.45, 2.75) is 0 Å². The van der Waals surface area contributed by atoms with Gasteiger partial charge in [0, 0.05) is 0 Å². The van der Waals surface area contributed by atoms with Crippen molar-refractivity contribution in [2.75, 3.05) is 0 Å². The highest BCUT2D eigenvalue weighted by molar-refractivity contribution is 14.2. The van der Waals surface area contributed by atoms with Crippen LogP contribution >= 0.6 is 20.7 Å². The van der Waals surface area contributed by atoms with Crippen LogP contribution in [0.4, 0.5) is 0 Å². The summed E-state index contributed by atoms with van der Waals surface area (Å²) in [6.07, 6.45) is 4.84. The van der Waals surface area contributed by atoms with Gasteiger partial charge >= 0.3 is 0 Å². The number of rotatable bonds is 0. The maximum atomic E-state index is 8.76. The lowest BCUT2D eigenvalue weighted by Gasteiger charge is -1.93. The minimum absolute atomic E-state index is 0.323. The standard InChI is InChI=1S/C5H5IO2/c7-4-2-1-3-5(8)6-4/h1-3,7-8H. The van der Waals surface area contributed by atoms with E-state index in [1.165, 1.54) is 0 Å². The molecule has 1 aliphatic rings. The first-order chi connectivity index (χ1) is 3.79. The molecule has 0 aromatic carbocycles. The molecule has 1 rings (SSSR count). The summed E-state index contributed by atoms with van der Waals surface area (Å²) < 4.78 is 0.646. The Morgan fingerprint density at radius 1 is 1.38 bits per heavy atom. The molecule has 3 heteroatoms. The Labute approximate surface area is 56.9 Å². The molecule has 1 heterocycles. The van der Waals surface area contributed by atoms with Crippen LogP contribution in [0.3, 0.4) is 0 Å². The van der Waals surface area contributed by atoms with Crippen LogP contribution in [0, 0.1) is 0 Å². The fourth-order valence-electron chi connectivity index (χ4n) is 0.369. The van der Waals surface area contributed by atoms with E-state index in [1.807, 2.05) is 0 Å². The van der Waals surface area contributed by atoms with Gasteiger partial charge < -0.3 is 10.2 Å². The van der Waals surface area contributed by atoms with Gasteiger partial charge in [0.1, 0.15) is 7.46 Å². The number of halogens is 1. The number of aliphatic hydroxyl groups excluding tert-OH is 2. The maximum Gasteiger partial charge on any atom is 0.150 e. The second kappa shape index (κ2) is 2.41. The van der Waals surface area contributed by atoms with E-state index in [-0.39, 0.29) is 0 Å². The molecule has 0 amide bonds. The van der Waals surface area contributed by atoms with Gasteiger partial charge in [-0.15, -0.1) is 0 Å². The molecule has 0 aromatic rings. The molecule has 0 spiro atoms. The van der Waals surface area contributed by atoms with Gasteiger partial charge in [-0.05, 0) is 32.9 Å². The van der Waals surface area contributed by atoms with Crippen molar-refractivity contribution in [1.29, 1.82) is 0 Å². The predicted molar refractivity (Wildman–Crippen MR) is 40.8 cm³/mol. The van der Waals surface area contributed by atoms with Crippen LogP contribution in [0.15, 0.2) is 22.0 Å². The van der Waals surface area contributed by atoms with E-state index >= 15 is 0 Å². The predicted octanol–water partition coefficient (Wildman–Crippen LogP) is 1.43. The van der Waals surface area contributed by atoms with Crippen molar-refractivity contribution in [3.63, 3.8) is 0 Å². The van der Waals surface area contributed by atoms with Gasteiger partial charge in [0.25, 0.3) is 0 Å². The highest BCUT2D eigenvalue weighted by Crippen LogP contribution is 2.15. The molecule has 0 saturated heterocycles. The SMILES string of the molecule is OC1=CC=CC(O)=I1. The quantitative estimate of drug-likeness (QED) is 0.611. The van der Waals surface area contributed by atoms with Gasteiger partial charge in [-0.25, -0.2) is 0 Å². The first kappa shape index (κ1) is 5.97. The summed E-state index contributed by atoms with van der Waals surface area (Å²) >= 11 is -0.609. The summed E-state index contributed by atoms with van der Waals surface area (Å²) in [4.78, 5) is 0. The number of aliphatic hydroxyl groups is 2. The molecule has 0 fully saturated rings. The van der Waals surface area contributed by atoms with Gasteiger partial charge in [0.05, 0.1) is 0 Å². The average molecular weight is 224 g/mol. The first-order valence-electron chi connectivity index (χ1n) is 2.07. The second-order valence-corrected chi connectivity index (χ2v) is 4.02. The lowest BCUT2D eigenvalue weighted by molar-refractivity contribution is 0.465. The number of hydrogen-bond donors (Lipinski definition) is 2.